The first-order chi connectivity index (χ1) is 19.1. The van der Waals surface area contributed by atoms with Gasteiger partial charge in [-0.25, -0.2) is 8.97 Å². The van der Waals surface area contributed by atoms with Crippen LogP contribution in [-0.4, -0.2) is 30.8 Å². The minimum atomic E-state index is -0.123. The molecule has 3 heterocycles. The van der Waals surface area contributed by atoms with Crippen LogP contribution in [0.3, 0.4) is 0 Å². The quantitative estimate of drug-likeness (QED) is 0.259. The fourth-order valence-corrected chi connectivity index (χ4v) is 7.56. The number of aromatic nitrogens is 4. The van der Waals surface area contributed by atoms with Crippen molar-refractivity contribution in [2.24, 2.45) is 0 Å². The second kappa shape index (κ2) is 9.66. The molecule has 3 aromatic heterocycles. The number of thioether (sulfide) groups is 1. The Bertz CT molecular complexity index is 1950. The third kappa shape index (κ3) is 4.13. The SMILES string of the molecule is Cc1ccc(-n2c(=O)c3c4c(sc3n3c(SCC(=O)Nc5cccc6ccccc56)nnc23)CCCC4)cc1. The number of rotatable bonds is 5. The normalized spacial score (nSPS) is 13.3. The monoisotopic (exact) mass is 551 g/mol. The summed E-state index contributed by atoms with van der Waals surface area (Å²) in [4.78, 5) is 29.1. The van der Waals surface area contributed by atoms with E-state index in [0.29, 0.717) is 10.9 Å². The van der Waals surface area contributed by atoms with Crippen molar-refractivity contribution in [2.75, 3.05) is 11.1 Å². The molecule has 7 rings (SSSR count). The highest BCUT2D eigenvalue weighted by atomic mass is 32.2. The molecular formula is C30H25N5O2S2. The van der Waals surface area contributed by atoms with E-state index < -0.39 is 0 Å². The molecule has 39 heavy (non-hydrogen) atoms. The molecule has 194 valence electrons. The molecule has 1 N–H and O–H groups in total. The second-order valence-corrected chi connectivity index (χ2v) is 11.9. The first-order valence-electron chi connectivity index (χ1n) is 13.0. The van der Waals surface area contributed by atoms with Crippen LogP contribution in [0.2, 0.25) is 0 Å². The number of nitrogens with zero attached hydrogens (tertiary/aromatic N) is 4. The van der Waals surface area contributed by atoms with Gasteiger partial charge in [-0.2, -0.15) is 0 Å². The van der Waals surface area contributed by atoms with Crippen molar-refractivity contribution in [3.05, 3.63) is 93.1 Å². The Morgan fingerprint density at radius 2 is 1.79 bits per heavy atom. The van der Waals surface area contributed by atoms with E-state index in [0.717, 1.165) is 69.2 Å². The van der Waals surface area contributed by atoms with Gasteiger partial charge < -0.3 is 5.32 Å². The highest BCUT2D eigenvalue weighted by Crippen LogP contribution is 2.36. The summed E-state index contributed by atoms with van der Waals surface area (Å²) in [6.45, 7) is 2.02. The molecule has 9 heteroatoms. The topological polar surface area (TPSA) is 81.3 Å². The smallest absolute Gasteiger partial charge is 0.268 e. The van der Waals surface area contributed by atoms with Crippen molar-refractivity contribution >= 4 is 61.5 Å². The third-order valence-corrected chi connectivity index (χ3v) is 9.48. The molecule has 0 saturated heterocycles. The van der Waals surface area contributed by atoms with E-state index >= 15 is 0 Å². The fourth-order valence-electron chi connectivity index (χ4n) is 5.39. The predicted octanol–water partition coefficient (Wildman–Crippen LogP) is 6.17. The molecule has 1 aliphatic rings. The molecule has 1 aliphatic carbocycles. The summed E-state index contributed by atoms with van der Waals surface area (Å²) in [5, 5.41) is 15.4. The van der Waals surface area contributed by atoms with Crippen molar-refractivity contribution in [2.45, 2.75) is 37.8 Å². The average molecular weight is 552 g/mol. The molecule has 0 saturated carbocycles. The average Bonchev–Trinajstić information content (AvgIpc) is 3.55. The summed E-state index contributed by atoms with van der Waals surface area (Å²) >= 11 is 2.99. The Morgan fingerprint density at radius 1 is 1.00 bits per heavy atom. The van der Waals surface area contributed by atoms with Crippen LogP contribution in [0, 0.1) is 6.92 Å². The Balaban J connectivity index is 1.30. The lowest BCUT2D eigenvalue weighted by Crippen LogP contribution is -2.22. The molecule has 3 aromatic carbocycles. The van der Waals surface area contributed by atoms with Gasteiger partial charge in [0.2, 0.25) is 11.7 Å². The standard InChI is InChI=1S/C30H25N5O2S2/c1-18-13-15-20(16-14-18)34-27(37)26-22-10-4-5-12-24(22)39-28(26)35-29(34)32-33-30(35)38-17-25(36)31-23-11-6-8-19-7-2-3-9-21(19)23/h2-3,6-9,11,13-16H,4-5,10,12,17H2,1H3,(H,31,36). The number of benzene rings is 3. The minimum absolute atomic E-state index is 0.0570. The molecule has 7 nitrogen and oxygen atoms in total. The van der Waals surface area contributed by atoms with Crippen LogP contribution >= 0.6 is 23.1 Å². The molecular weight excluding hydrogens is 526 g/mol. The first kappa shape index (κ1) is 24.1. The Hall–Kier alpha value is -3.95. The molecule has 6 aromatic rings. The van der Waals surface area contributed by atoms with Gasteiger partial charge in [0.1, 0.15) is 4.83 Å². The number of hydrogen-bond acceptors (Lipinski definition) is 6. The van der Waals surface area contributed by atoms with Crippen molar-refractivity contribution < 1.29 is 4.79 Å². The lowest BCUT2D eigenvalue weighted by atomic mass is 9.97. The van der Waals surface area contributed by atoms with Crippen molar-refractivity contribution in [1.29, 1.82) is 0 Å². The summed E-state index contributed by atoms with van der Waals surface area (Å²) in [5.41, 5.74) is 3.76. The summed E-state index contributed by atoms with van der Waals surface area (Å²) in [5.74, 6) is 0.508. The van der Waals surface area contributed by atoms with E-state index in [9.17, 15) is 9.59 Å². The number of nitrogens with one attached hydrogen (secondary N) is 1. The van der Waals surface area contributed by atoms with Crippen LogP contribution in [0.15, 0.2) is 76.7 Å². The van der Waals surface area contributed by atoms with Crippen LogP contribution in [0.25, 0.3) is 32.5 Å². The number of fused-ring (bicyclic) bond motifs is 6. The van der Waals surface area contributed by atoms with Crippen molar-refractivity contribution in [3.8, 4) is 5.69 Å². The Kier molecular flexibility index (Phi) is 5.97. The van der Waals surface area contributed by atoms with E-state index in [2.05, 4.69) is 15.5 Å². The molecule has 0 atom stereocenters. The third-order valence-electron chi connectivity index (χ3n) is 7.28. The van der Waals surface area contributed by atoms with Gasteiger partial charge in [0.25, 0.3) is 5.56 Å². The summed E-state index contributed by atoms with van der Waals surface area (Å²) in [6.07, 6.45) is 4.10. The van der Waals surface area contributed by atoms with Crippen LogP contribution < -0.4 is 10.9 Å². The van der Waals surface area contributed by atoms with Gasteiger partial charge in [-0.05, 0) is 61.8 Å². The molecule has 0 radical (unpaired) electrons. The van der Waals surface area contributed by atoms with E-state index in [1.165, 1.54) is 16.6 Å². The highest BCUT2D eigenvalue weighted by Gasteiger charge is 2.25. The number of carbonyl (C=O) groups excluding carboxylic acids is 1. The molecule has 0 unspecified atom stereocenters. The summed E-state index contributed by atoms with van der Waals surface area (Å²) < 4.78 is 3.63. The maximum Gasteiger partial charge on any atom is 0.268 e. The number of anilines is 1. The van der Waals surface area contributed by atoms with Crippen LogP contribution in [-0.2, 0) is 17.6 Å². The summed E-state index contributed by atoms with van der Waals surface area (Å²) in [7, 11) is 0. The van der Waals surface area contributed by atoms with Crippen LogP contribution in [0.5, 0.6) is 0 Å². The molecule has 1 amide bonds. The molecule has 0 spiro atoms. The number of aryl methyl sites for hydroxylation is 3. The number of amides is 1. The van der Waals surface area contributed by atoms with Gasteiger partial charge in [0.15, 0.2) is 5.16 Å². The van der Waals surface area contributed by atoms with E-state index in [1.807, 2.05) is 78.1 Å². The van der Waals surface area contributed by atoms with Crippen LogP contribution in [0.4, 0.5) is 5.69 Å². The number of thiophene rings is 1. The zero-order valence-electron chi connectivity index (χ0n) is 21.3. The van der Waals surface area contributed by atoms with E-state index in [4.69, 9.17) is 0 Å². The molecule has 0 fully saturated rings. The summed E-state index contributed by atoms with van der Waals surface area (Å²) in [6, 6.07) is 21.8. The van der Waals surface area contributed by atoms with Gasteiger partial charge in [-0.15, -0.1) is 21.5 Å². The fraction of sp³-hybridized carbons (Fsp3) is 0.200. The molecule has 0 aliphatic heterocycles. The number of carbonyl (C=O) groups is 1. The maximum absolute atomic E-state index is 14.0. The number of hydrogen-bond donors (Lipinski definition) is 1. The maximum atomic E-state index is 14.0. The van der Waals surface area contributed by atoms with E-state index in [1.54, 1.807) is 15.9 Å². The van der Waals surface area contributed by atoms with Crippen molar-refractivity contribution in [3.63, 3.8) is 0 Å². The molecule has 0 bridgehead atoms. The Labute approximate surface area is 232 Å². The predicted molar refractivity (Wildman–Crippen MR) is 159 cm³/mol. The zero-order chi connectivity index (χ0) is 26.5. The lowest BCUT2D eigenvalue weighted by molar-refractivity contribution is -0.113. The van der Waals surface area contributed by atoms with Gasteiger partial charge in [-0.3, -0.25) is 9.59 Å². The van der Waals surface area contributed by atoms with Gasteiger partial charge in [0.05, 0.1) is 16.8 Å². The Morgan fingerprint density at radius 3 is 2.67 bits per heavy atom. The van der Waals surface area contributed by atoms with Crippen molar-refractivity contribution in [1.82, 2.24) is 19.2 Å². The van der Waals surface area contributed by atoms with E-state index in [-0.39, 0.29) is 17.2 Å². The lowest BCUT2D eigenvalue weighted by Gasteiger charge is -2.12. The second-order valence-electron chi connectivity index (χ2n) is 9.85. The van der Waals surface area contributed by atoms with Gasteiger partial charge >= 0.3 is 0 Å². The highest BCUT2D eigenvalue weighted by molar-refractivity contribution is 7.99. The van der Waals surface area contributed by atoms with Gasteiger partial charge in [-0.1, -0.05) is 65.9 Å². The van der Waals surface area contributed by atoms with Gasteiger partial charge in [0, 0.05) is 16.0 Å². The zero-order valence-corrected chi connectivity index (χ0v) is 22.9. The van der Waals surface area contributed by atoms with Crippen LogP contribution in [0.1, 0.15) is 28.8 Å². The minimum Gasteiger partial charge on any atom is -0.325 e. The largest absolute Gasteiger partial charge is 0.325 e. The first-order valence-corrected chi connectivity index (χ1v) is 14.8.